The van der Waals surface area contributed by atoms with E-state index in [1.807, 2.05) is 0 Å². The molecule has 9 nitrogen and oxygen atoms in total. The minimum Gasteiger partial charge on any atom is -0.370 e. The molecule has 0 bridgehead atoms. The summed E-state index contributed by atoms with van der Waals surface area (Å²) >= 11 is 1.60. The molecule has 10 heteroatoms. The van der Waals surface area contributed by atoms with Crippen molar-refractivity contribution in [1.82, 2.24) is 19.7 Å². The molecular formula is C19H22N6O3S. The Kier molecular flexibility index (Phi) is 5.43. The first kappa shape index (κ1) is 19.3. The van der Waals surface area contributed by atoms with Crippen LogP contribution < -0.4 is 16.6 Å². The molecule has 1 aliphatic carbocycles. The minimum atomic E-state index is -0.406. The summed E-state index contributed by atoms with van der Waals surface area (Å²) in [5.74, 6) is 0.292. The second-order valence-corrected chi connectivity index (χ2v) is 8.22. The van der Waals surface area contributed by atoms with E-state index in [0.717, 1.165) is 41.5 Å². The van der Waals surface area contributed by atoms with Crippen LogP contribution in [0, 0.1) is 0 Å². The summed E-state index contributed by atoms with van der Waals surface area (Å²) in [6.45, 7) is 0.362. The van der Waals surface area contributed by atoms with Crippen molar-refractivity contribution in [1.29, 1.82) is 0 Å². The zero-order valence-electron chi connectivity index (χ0n) is 15.9. The van der Waals surface area contributed by atoms with Crippen LogP contribution in [0.4, 0.5) is 5.82 Å². The van der Waals surface area contributed by atoms with Gasteiger partial charge in [0.2, 0.25) is 11.8 Å². The summed E-state index contributed by atoms with van der Waals surface area (Å²) in [5.41, 5.74) is 6.16. The van der Waals surface area contributed by atoms with Gasteiger partial charge in [-0.1, -0.05) is 0 Å². The smallest absolute Gasteiger partial charge is 0.259 e. The Hall–Kier alpha value is -3.01. The highest BCUT2D eigenvalue weighted by molar-refractivity contribution is 7.18. The molecule has 3 heterocycles. The van der Waals surface area contributed by atoms with Gasteiger partial charge >= 0.3 is 0 Å². The highest BCUT2D eigenvalue weighted by Crippen LogP contribution is 2.33. The number of amides is 2. The third-order valence-electron chi connectivity index (χ3n) is 4.96. The molecule has 0 atom stereocenters. The van der Waals surface area contributed by atoms with Crippen LogP contribution in [0.3, 0.4) is 0 Å². The van der Waals surface area contributed by atoms with E-state index >= 15 is 0 Å². The predicted octanol–water partition coefficient (Wildman–Crippen LogP) is 1.51. The fraction of sp³-hybridized carbons (Fsp3) is 0.421. The lowest BCUT2D eigenvalue weighted by molar-refractivity contribution is -0.118. The number of hydrogen-bond donors (Lipinski definition) is 3. The molecular weight excluding hydrogens is 392 g/mol. The molecule has 0 saturated carbocycles. The molecule has 0 unspecified atom stereocenters. The molecule has 0 aliphatic heterocycles. The molecule has 0 spiro atoms. The van der Waals surface area contributed by atoms with E-state index < -0.39 is 5.91 Å². The van der Waals surface area contributed by atoms with Crippen LogP contribution in [-0.2, 0) is 35.4 Å². The average molecular weight is 414 g/mol. The van der Waals surface area contributed by atoms with Crippen LogP contribution in [0.2, 0.25) is 0 Å². The number of hydrogen-bond acceptors (Lipinski definition) is 6. The molecule has 0 aromatic carbocycles. The number of fused-ring (bicyclic) bond motifs is 3. The van der Waals surface area contributed by atoms with Crippen LogP contribution >= 0.6 is 11.3 Å². The number of carbonyl (C=O) groups is 2. The Labute approximate surface area is 170 Å². The number of thiophene rings is 1. The zero-order valence-corrected chi connectivity index (χ0v) is 16.7. The van der Waals surface area contributed by atoms with E-state index in [9.17, 15) is 14.4 Å². The van der Waals surface area contributed by atoms with Gasteiger partial charge in [0.05, 0.1) is 5.39 Å². The Bertz CT molecular complexity index is 1130. The predicted molar refractivity (Wildman–Crippen MR) is 110 cm³/mol. The van der Waals surface area contributed by atoms with Gasteiger partial charge in [-0.2, -0.15) is 5.10 Å². The number of aromatic nitrogens is 4. The van der Waals surface area contributed by atoms with E-state index in [0.29, 0.717) is 24.6 Å². The van der Waals surface area contributed by atoms with E-state index in [1.165, 1.54) is 4.88 Å². The fourth-order valence-electron chi connectivity index (χ4n) is 3.54. The highest BCUT2D eigenvalue weighted by atomic mass is 32.1. The molecule has 29 heavy (non-hydrogen) atoms. The number of nitrogens with two attached hydrogens (primary N) is 1. The Morgan fingerprint density at radius 2 is 2.10 bits per heavy atom. The third-order valence-corrected chi connectivity index (χ3v) is 6.14. The first-order valence-electron chi connectivity index (χ1n) is 9.64. The van der Waals surface area contributed by atoms with Crippen molar-refractivity contribution in [2.45, 2.75) is 51.5 Å². The zero-order chi connectivity index (χ0) is 20.4. The first-order chi connectivity index (χ1) is 14.0. The lowest BCUT2D eigenvalue weighted by Crippen LogP contribution is -2.17. The monoisotopic (exact) mass is 414 g/mol. The van der Waals surface area contributed by atoms with Crippen molar-refractivity contribution in [2.75, 3.05) is 5.32 Å². The molecule has 0 radical (unpaired) electrons. The van der Waals surface area contributed by atoms with Gasteiger partial charge in [0.15, 0.2) is 5.82 Å². The van der Waals surface area contributed by atoms with Crippen molar-refractivity contribution in [3.8, 4) is 0 Å². The second-order valence-electron chi connectivity index (χ2n) is 7.13. The lowest BCUT2D eigenvalue weighted by atomic mass is 9.97. The summed E-state index contributed by atoms with van der Waals surface area (Å²) in [6, 6.07) is 1.65. The number of aromatic amines is 1. The Morgan fingerprint density at radius 3 is 2.93 bits per heavy atom. The minimum absolute atomic E-state index is 0.113. The first-order valence-corrected chi connectivity index (χ1v) is 10.5. The van der Waals surface area contributed by atoms with E-state index in [-0.39, 0.29) is 24.3 Å². The molecule has 3 aromatic rings. The molecule has 1 aliphatic rings. The van der Waals surface area contributed by atoms with Crippen LogP contribution in [-0.4, -0.2) is 31.6 Å². The maximum atomic E-state index is 12.5. The normalized spacial score (nSPS) is 13.4. The van der Waals surface area contributed by atoms with Gasteiger partial charge in [0.1, 0.15) is 10.7 Å². The van der Waals surface area contributed by atoms with Crippen LogP contribution in [0.5, 0.6) is 0 Å². The summed E-state index contributed by atoms with van der Waals surface area (Å²) < 4.78 is 1.55. The van der Waals surface area contributed by atoms with Gasteiger partial charge < -0.3 is 16.0 Å². The summed E-state index contributed by atoms with van der Waals surface area (Å²) in [6.07, 6.45) is 6.58. The average Bonchev–Trinajstić information content (AvgIpc) is 3.28. The summed E-state index contributed by atoms with van der Waals surface area (Å²) in [7, 11) is 0. The standard InChI is InChI=1S/C19H22N6O3S/c20-13(26)7-9-25-10-8-15(24-25)21-16(27)6-5-14-22-18(28)17-11-3-1-2-4-12(11)29-19(17)23-14/h8,10H,1-7,9H2,(H2,20,26)(H,21,24,27)(H,22,23,28). The number of H-pyrrole nitrogens is 1. The van der Waals surface area contributed by atoms with Crippen molar-refractivity contribution < 1.29 is 9.59 Å². The van der Waals surface area contributed by atoms with Crippen LogP contribution in [0.15, 0.2) is 17.1 Å². The van der Waals surface area contributed by atoms with Gasteiger partial charge in [-0.15, -0.1) is 11.3 Å². The fourth-order valence-corrected chi connectivity index (χ4v) is 4.82. The molecule has 2 amide bonds. The number of carbonyl (C=O) groups excluding carboxylic acids is 2. The van der Waals surface area contributed by atoms with Gasteiger partial charge in [-0.25, -0.2) is 4.98 Å². The van der Waals surface area contributed by atoms with E-state index in [2.05, 4.69) is 20.4 Å². The molecule has 152 valence electrons. The summed E-state index contributed by atoms with van der Waals surface area (Å²) in [4.78, 5) is 45.0. The molecule has 4 rings (SSSR count). The van der Waals surface area contributed by atoms with Crippen LogP contribution in [0.1, 0.15) is 41.9 Å². The van der Waals surface area contributed by atoms with E-state index in [4.69, 9.17) is 5.73 Å². The number of rotatable bonds is 7. The number of aryl methyl sites for hydroxylation is 4. The van der Waals surface area contributed by atoms with Gasteiger partial charge in [-0.05, 0) is 31.2 Å². The number of nitrogens with zero attached hydrogens (tertiary/aromatic N) is 3. The number of primary amides is 1. The number of anilines is 1. The lowest BCUT2D eigenvalue weighted by Gasteiger charge is -2.09. The van der Waals surface area contributed by atoms with Crippen molar-refractivity contribution in [3.05, 3.63) is 38.9 Å². The SMILES string of the molecule is NC(=O)CCn1ccc(NC(=O)CCc2nc3sc4c(c3c(=O)[nH]2)CCCC4)n1. The quantitative estimate of drug-likeness (QED) is 0.538. The second kappa shape index (κ2) is 8.16. The van der Waals surface area contributed by atoms with E-state index in [1.54, 1.807) is 28.3 Å². The molecule has 3 aromatic heterocycles. The third kappa shape index (κ3) is 4.37. The van der Waals surface area contributed by atoms with Gasteiger partial charge in [-0.3, -0.25) is 19.1 Å². The maximum Gasteiger partial charge on any atom is 0.259 e. The van der Waals surface area contributed by atoms with Gasteiger partial charge in [0, 0.05) is 42.9 Å². The van der Waals surface area contributed by atoms with Gasteiger partial charge in [0.25, 0.3) is 5.56 Å². The maximum absolute atomic E-state index is 12.5. The Morgan fingerprint density at radius 1 is 1.28 bits per heavy atom. The topological polar surface area (TPSA) is 136 Å². The molecule has 0 saturated heterocycles. The Balaban J connectivity index is 1.38. The van der Waals surface area contributed by atoms with Crippen LogP contribution in [0.25, 0.3) is 10.2 Å². The molecule has 0 fully saturated rings. The van der Waals surface area contributed by atoms with Crippen molar-refractivity contribution in [2.24, 2.45) is 5.73 Å². The highest BCUT2D eigenvalue weighted by Gasteiger charge is 2.20. The number of nitrogens with one attached hydrogen (secondary N) is 2. The van der Waals surface area contributed by atoms with Crippen molar-refractivity contribution >= 4 is 39.2 Å². The summed E-state index contributed by atoms with van der Waals surface area (Å²) in [5, 5.41) is 7.60. The van der Waals surface area contributed by atoms with Crippen molar-refractivity contribution in [3.63, 3.8) is 0 Å². The largest absolute Gasteiger partial charge is 0.370 e. The molecule has 4 N–H and O–H groups in total.